The Hall–Kier alpha value is -2.76. The van der Waals surface area contributed by atoms with Crippen molar-refractivity contribution in [2.24, 2.45) is 0 Å². The summed E-state index contributed by atoms with van der Waals surface area (Å²) in [6.45, 7) is 1.19. The number of hydrogen-bond donors (Lipinski definition) is 1. The van der Waals surface area contributed by atoms with Gasteiger partial charge in [-0.25, -0.2) is 12.8 Å². The van der Waals surface area contributed by atoms with Crippen LogP contribution in [0.15, 0.2) is 53.4 Å². The molecule has 6 nitrogen and oxygen atoms in total. The number of nitrogens with one attached hydrogen (secondary N) is 1. The summed E-state index contributed by atoms with van der Waals surface area (Å²) in [5.41, 5.74) is 0.891. The molecule has 0 spiro atoms. The van der Waals surface area contributed by atoms with Crippen molar-refractivity contribution in [3.05, 3.63) is 65.5 Å². The van der Waals surface area contributed by atoms with E-state index < -0.39 is 27.9 Å². The van der Waals surface area contributed by atoms with E-state index in [0.29, 0.717) is 11.1 Å². The first kappa shape index (κ1) is 18.6. The minimum Gasteiger partial charge on any atom is -0.460 e. The first-order valence-electron chi connectivity index (χ1n) is 7.26. The third kappa shape index (κ3) is 4.86. The van der Waals surface area contributed by atoms with Gasteiger partial charge in [-0.15, -0.1) is 0 Å². The average Bonchev–Trinajstić information content (AvgIpc) is 2.59. The highest BCUT2D eigenvalue weighted by Crippen LogP contribution is 2.12. The quantitative estimate of drug-likeness (QED) is 0.794. The molecular weight excluding hydrogens is 347 g/mol. The van der Waals surface area contributed by atoms with E-state index >= 15 is 0 Å². The van der Waals surface area contributed by atoms with E-state index in [1.54, 1.807) is 24.3 Å². The summed E-state index contributed by atoms with van der Waals surface area (Å²) in [5, 5.41) is 8.98. The van der Waals surface area contributed by atoms with E-state index in [4.69, 9.17) is 10.00 Å². The maximum absolute atomic E-state index is 12.9. The molecular formula is C17H15FN2O4S. The summed E-state index contributed by atoms with van der Waals surface area (Å²) in [4.78, 5) is 11.8. The minimum absolute atomic E-state index is 0.148. The second kappa shape index (κ2) is 7.88. The third-order valence-electron chi connectivity index (χ3n) is 3.32. The highest BCUT2D eigenvalue weighted by molar-refractivity contribution is 7.89. The van der Waals surface area contributed by atoms with Gasteiger partial charge in [0.2, 0.25) is 10.0 Å². The Kier molecular flexibility index (Phi) is 5.85. The Morgan fingerprint density at radius 3 is 2.52 bits per heavy atom. The number of halogens is 1. The Balaban J connectivity index is 2.00. The van der Waals surface area contributed by atoms with Crippen LogP contribution in [0, 0.1) is 17.1 Å². The van der Waals surface area contributed by atoms with Gasteiger partial charge in [-0.2, -0.15) is 9.98 Å². The molecule has 0 aliphatic carbocycles. The number of nitrogens with zero attached hydrogens (tertiary/aromatic N) is 1. The van der Waals surface area contributed by atoms with Crippen LogP contribution in [0.5, 0.6) is 0 Å². The van der Waals surface area contributed by atoms with E-state index in [1.807, 2.05) is 6.07 Å². The van der Waals surface area contributed by atoms with Crippen molar-refractivity contribution in [2.45, 2.75) is 24.5 Å². The predicted molar refractivity (Wildman–Crippen MR) is 87.1 cm³/mol. The Bertz CT molecular complexity index is 905. The van der Waals surface area contributed by atoms with Gasteiger partial charge in [0.1, 0.15) is 18.5 Å². The highest BCUT2D eigenvalue weighted by atomic mass is 32.2. The SMILES string of the molecule is C[C@H](NS(=O)(=O)c1ccc(F)cc1)C(=O)OCc1ccccc1C#N. The lowest BCUT2D eigenvalue weighted by Gasteiger charge is -2.14. The van der Waals surface area contributed by atoms with Crippen molar-refractivity contribution in [1.82, 2.24) is 4.72 Å². The van der Waals surface area contributed by atoms with Crippen LogP contribution < -0.4 is 4.72 Å². The second-order valence-corrected chi connectivity index (χ2v) is 6.89. The van der Waals surface area contributed by atoms with Gasteiger partial charge < -0.3 is 4.74 Å². The van der Waals surface area contributed by atoms with E-state index in [0.717, 1.165) is 24.3 Å². The lowest BCUT2D eigenvalue weighted by atomic mass is 10.1. The molecule has 0 saturated heterocycles. The van der Waals surface area contributed by atoms with Crippen molar-refractivity contribution >= 4 is 16.0 Å². The summed E-state index contributed by atoms with van der Waals surface area (Å²) in [5.74, 6) is -1.36. The molecule has 25 heavy (non-hydrogen) atoms. The van der Waals surface area contributed by atoms with Crippen LogP contribution in [0.1, 0.15) is 18.1 Å². The lowest BCUT2D eigenvalue weighted by Crippen LogP contribution is -2.39. The van der Waals surface area contributed by atoms with Crippen LogP contribution in [-0.4, -0.2) is 20.4 Å². The molecule has 0 saturated carbocycles. The fourth-order valence-electron chi connectivity index (χ4n) is 1.99. The largest absolute Gasteiger partial charge is 0.460 e. The molecule has 0 heterocycles. The van der Waals surface area contributed by atoms with Crippen LogP contribution in [0.3, 0.4) is 0 Å². The van der Waals surface area contributed by atoms with Gasteiger partial charge in [0, 0.05) is 5.56 Å². The molecule has 0 radical (unpaired) electrons. The minimum atomic E-state index is -3.99. The molecule has 2 aromatic carbocycles. The molecule has 1 atom stereocenters. The monoisotopic (exact) mass is 362 g/mol. The maximum Gasteiger partial charge on any atom is 0.324 e. The number of ether oxygens (including phenoxy) is 1. The first-order chi connectivity index (χ1) is 11.8. The molecule has 0 fully saturated rings. The van der Waals surface area contributed by atoms with E-state index in [-0.39, 0.29) is 11.5 Å². The number of nitriles is 1. The van der Waals surface area contributed by atoms with Gasteiger partial charge in [-0.05, 0) is 37.3 Å². The molecule has 8 heteroatoms. The van der Waals surface area contributed by atoms with Crippen LogP contribution in [0.25, 0.3) is 0 Å². The Morgan fingerprint density at radius 2 is 1.88 bits per heavy atom. The normalized spacial score (nSPS) is 12.2. The van der Waals surface area contributed by atoms with Crippen LogP contribution >= 0.6 is 0 Å². The molecule has 130 valence electrons. The predicted octanol–water partition coefficient (Wildman–Crippen LogP) is 2.11. The summed E-state index contributed by atoms with van der Waals surface area (Å²) in [7, 11) is -3.99. The van der Waals surface area contributed by atoms with Crippen molar-refractivity contribution in [3.63, 3.8) is 0 Å². The summed E-state index contributed by atoms with van der Waals surface area (Å²) in [6.07, 6.45) is 0. The van der Waals surface area contributed by atoms with Gasteiger partial charge in [0.15, 0.2) is 0 Å². The van der Waals surface area contributed by atoms with E-state index in [9.17, 15) is 17.6 Å². The van der Waals surface area contributed by atoms with Crippen molar-refractivity contribution < 1.29 is 22.3 Å². The van der Waals surface area contributed by atoms with Gasteiger partial charge >= 0.3 is 5.97 Å². The van der Waals surface area contributed by atoms with Crippen LogP contribution in [0.4, 0.5) is 4.39 Å². The van der Waals surface area contributed by atoms with Gasteiger partial charge in [0.25, 0.3) is 0 Å². The first-order valence-corrected chi connectivity index (χ1v) is 8.74. The molecule has 0 aliphatic rings. The number of benzene rings is 2. The van der Waals surface area contributed by atoms with Crippen LogP contribution in [-0.2, 0) is 26.2 Å². The van der Waals surface area contributed by atoms with Crippen molar-refractivity contribution in [2.75, 3.05) is 0 Å². The Morgan fingerprint density at radius 1 is 1.24 bits per heavy atom. The standard InChI is InChI=1S/C17H15FN2O4S/c1-12(20-25(22,23)16-8-6-15(18)7-9-16)17(21)24-11-14-5-3-2-4-13(14)10-19/h2-9,12,20H,11H2,1H3/t12-/m0/s1. The Labute approximate surface area is 144 Å². The summed E-state index contributed by atoms with van der Waals surface area (Å²) in [6, 6.07) is 11.7. The van der Waals surface area contributed by atoms with Gasteiger partial charge in [-0.3, -0.25) is 4.79 Å². The molecule has 0 aliphatic heterocycles. The van der Waals surface area contributed by atoms with E-state index in [1.165, 1.54) is 6.92 Å². The molecule has 0 bridgehead atoms. The highest BCUT2D eigenvalue weighted by Gasteiger charge is 2.23. The van der Waals surface area contributed by atoms with Gasteiger partial charge in [-0.1, -0.05) is 18.2 Å². The number of carbonyl (C=O) groups is 1. The summed E-state index contributed by atoms with van der Waals surface area (Å²) >= 11 is 0. The van der Waals surface area contributed by atoms with E-state index in [2.05, 4.69) is 4.72 Å². The number of carbonyl (C=O) groups excluding carboxylic acids is 1. The molecule has 2 rings (SSSR count). The van der Waals surface area contributed by atoms with Gasteiger partial charge in [0.05, 0.1) is 16.5 Å². The summed E-state index contributed by atoms with van der Waals surface area (Å²) < 4.78 is 44.4. The second-order valence-electron chi connectivity index (χ2n) is 5.17. The zero-order chi connectivity index (χ0) is 18.4. The maximum atomic E-state index is 12.9. The number of rotatable bonds is 6. The number of sulfonamides is 1. The van der Waals surface area contributed by atoms with Crippen LogP contribution in [0.2, 0.25) is 0 Å². The fourth-order valence-corrected chi connectivity index (χ4v) is 3.18. The molecule has 0 aromatic heterocycles. The van der Waals surface area contributed by atoms with Crippen molar-refractivity contribution in [3.8, 4) is 6.07 Å². The fraction of sp³-hybridized carbons (Fsp3) is 0.176. The average molecular weight is 362 g/mol. The lowest BCUT2D eigenvalue weighted by molar-refractivity contribution is -0.146. The third-order valence-corrected chi connectivity index (χ3v) is 4.87. The molecule has 1 N–H and O–H groups in total. The molecule has 0 amide bonds. The van der Waals surface area contributed by atoms with Crippen molar-refractivity contribution in [1.29, 1.82) is 5.26 Å². The molecule has 0 unspecified atom stereocenters. The number of esters is 1. The topological polar surface area (TPSA) is 96.3 Å². The molecule has 2 aromatic rings. The smallest absolute Gasteiger partial charge is 0.324 e. The zero-order valence-electron chi connectivity index (χ0n) is 13.3. The number of hydrogen-bond acceptors (Lipinski definition) is 5. The zero-order valence-corrected chi connectivity index (χ0v) is 14.1.